The van der Waals surface area contributed by atoms with E-state index in [4.69, 9.17) is 10.5 Å². The van der Waals surface area contributed by atoms with Gasteiger partial charge < -0.3 is 20.7 Å². The first-order chi connectivity index (χ1) is 8.84. The smallest absolute Gasteiger partial charge is 0.245 e. The van der Waals surface area contributed by atoms with Crippen LogP contribution in [0.5, 0.6) is 0 Å². The summed E-state index contributed by atoms with van der Waals surface area (Å²) in [6.07, 6.45) is 0. The predicted molar refractivity (Wildman–Crippen MR) is 72.4 cm³/mol. The maximum absolute atomic E-state index is 12.3. The number of morpholine rings is 1. The van der Waals surface area contributed by atoms with Gasteiger partial charge in [0.2, 0.25) is 11.8 Å². The van der Waals surface area contributed by atoms with Gasteiger partial charge in [-0.15, -0.1) is 0 Å². The van der Waals surface area contributed by atoms with Crippen LogP contribution in [0.2, 0.25) is 0 Å². The van der Waals surface area contributed by atoms with Crippen LogP contribution in [0.3, 0.4) is 0 Å². The molecule has 6 nitrogen and oxygen atoms in total. The van der Waals surface area contributed by atoms with Gasteiger partial charge in [-0.2, -0.15) is 0 Å². The second-order valence-electron chi connectivity index (χ2n) is 5.56. The van der Waals surface area contributed by atoms with Crippen molar-refractivity contribution >= 4 is 11.8 Å². The van der Waals surface area contributed by atoms with Crippen molar-refractivity contribution in [3.8, 4) is 0 Å². The first-order valence-corrected chi connectivity index (χ1v) is 6.78. The molecule has 0 aromatic carbocycles. The topological polar surface area (TPSA) is 84.7 Å². The zero-order chi connectivity index (χ0) is 14.6. The zero-order valence-corrected chi connectivity index (χ0v) is 12.2. The molecule has 19 heavy (non-hydrogen) atoms. The lowest BCUT2D eigenvalue weighted by molar-refractivity contribution is -0.150. The molecule has 1 fully saturated rings. The minimum absolute atomic E-state index is 0.0325. The van der Waals surface area contributed by atoms with Gasteiger partial charge in [-0.25, -0.2) is 0 Å². The van der Waals surface area contributed by atoms with Crippen molar-refractivity contribution in [2.45, 2.75) is 45.8 Å². The highest BCUT2D eigenvalue weighted by molar-refractivity contribution is 5.90. The van der Waals surface area contributed by atoms with Crippen LogP contribution in [-0.2, 0) is 14.3 Å². The summed E-state index contributed by atoms with van der Waals surface area (Å²) < 4.78 is 5.31. The van der Waals surface area contributed by atoms with Crippen LogP contribution in [0.15, 0.2) is 0 Å². The number of nitrogens with one attached hydrogen (secondary N) is 1. The second-order valence-corrected chi connectivity index (χ2v) is 5.56. The van der Waals surface area contributed by atoms with Crippen LogP contribution < -0.4 is 11.1 Å². The summed E-state index contributed by atoms with van der Waals surface area (Å²) in [7, 11) is 0. The van der Waals surface area contributed by atoms with Crippen LogP contribution in [-0.4, -0.2) is 54.6 Å². The van der Waals surface area contributed by atoms with Crippen molar-refractivity contribution in [3.05, 3.63) is 0 Å². The summed E-state index contributed by atoms with van der Waals surface area (Å²) >= 11 is 0. The maximum Gasteiger partial charge on any atom is 0.245 e. The molecule has 110 valence electrons. The quantitative estimate of drug-likeness (QED) is 0.736. The number of hydrogen-bond donors (Lipinski definition) is 2. The molecule has 6 heteroatoms. The lowest BCUT2D eigenvalue weighted by Crippen LogP contribution is -2.60. The first kappa shape index (κ1) is 15.9. The monoisotopic (exact) mass is 271 g/mol. The van der Waals surface area contributed by atoms with E-state index in [0.29, 0.717) is 13.2 Å². The van der Waals surface area contributed by atoms with Crippen molar-refractivity contribution in [1.29, 1.82) is 0 Å². The lowest BCUT2D eigenvalue weighted by atomic mass is 10.0. The Hall–Kier alpha value is -1.14. The van der Waals surface area contributed by atoms with Crippen LogP contribution >= 0.6 is 0 Å². The van der Waals surface area contributed by atoms with Gasteiger partial charge in [0.1, 0.15) is 6.04 Å². The normalized spacial score (nSPS) is 21.6. The maximum atomic E-state index is 12.3. The highest BCUT2D eigenvalue weighted by Gasteiger charge is 2.35. The van der Waals surface area contributed by atoms with Crippen molar-refractivity contribution < 1.29 is 14.3 Å². The standard InChI is InChI=1S/C13H25N3O3/c1-8(2)11(14)13(18)16-5-6-19-7-10(16)12(17)15-9(3)4/h8-11H,5-7,14H2,1-4H3,(H,15,17). The highest BCUT2D eigenvalue weighted by Crippen LogP contribution is 2.12. The molecule has 2 unspecified atom stereocenters. The molecule has 2 amide bonds. The van der Waals surface area contributed by atoms with Gasteiger partial charge in [0.05, 0.1) is 19.3 Å². The zero-order valence-electron chi connectivity index (χ0n) is 12.2. The number of ether oxygens (including phenoxy) is 1. The molecule has 1 rings (SSSR count). The SMILES string of the molecule is CC(C)NC(=O)C1COCCN1C(=O)C(N)C(C)C. The Labute approximate surface area is 114 Å². The summed E-state index contributed by atoms with van der Waals surface area (Å²) in [4.78, 5) is 25.9. The molecule has 0 radical (unpaired) electrons. The van der Waals surface area contributed by atoms with E-state index in [0.717, 1.165) is 0 Å². The molecular formula is C13H25N3O3. The number of amides is 2. The fourth-order valence-electron chi connectivity index (χ4n) is 1.94. The summed E-state index contributed by atoms with van der Waals surface area (Å²) in [5, 5.41) is 2.81. The Morgan fingerprint density at radius 2 is 1.95 bits per heavy atom. The Morgan fingerprint density at radius 1 is 1.32 bits per heavy atom. The highest BCUT2D eigenvalue weighted by atomic mass is 16.5. The largest absolute Gasteiger partial charge is 0.377 e. The van der Waals surface area contributed by atoms with Crippen LogP contribution in [0.4, 0.5) is 0 Å². The number of carbonyl (C=O) groups excluding carboxylic acids is 2. The van der Waals surface area contributed by atoms with Crippen LogP contribution in [0, 0.1) is 5.92 Å². The molecule has 0 aromatic heterocycles. The van der Waals surface area contributed by atoms with E-state index >= 15 is 0 Å². The van der Waals surface area contributed by atoms with Gasteiger partial charge in [0.15, 0.2) is 0 Å². The number of nitrogens with zero attached hydrogens (tertiary/aromatic N) is 1. The van der Waals surface area contributed by atoms with Gasteiger partial charge in [0, 0.05) is 12.6 Å². The Balaban J connectivity index is 2.77. The molecule has 1 aliphatic rings. The average molecular weight is 271 g/mol. The minimum atomic E-state index is -0.576. The third-order valence-corrected chi connectivity index (χ3v) is 3.15. The van der Waals surface area contributed by atoms with Crippen molar-refractivity contribution in [3.63, 3.8) is 0 Å². The molecule has 0 spiro atoms. The summed E-state index contributed by atoms with van der Waals surface area (Å²) in [5.74, 6) is -0.314. The molecule has 0 bridgehead atoms. The molecule has 0 aromatic rings. The molecule has 1 heterocycles. The van der Waals surface area contributed by atoms with E-state index in [-0.39, 0.29) is 30.4 Å². The average Bonchev–Trinajstić information content (AvgIpc) is 2.36. The molecule has 1 saturated heterocycles. The molecule has 0 saturated carbocycles. The number of nitrogens with two attached hydrogens (primary N) is 1. The van der Waals surface area contributed by atoms with Gasteiger partial charge >= 0.3 is 0 Å². The molecular weight excluding hydrogens is 246 g/mol. The lowest BCUT2D eigenvalue weighted by Gasteiger charge is -2.37. The van der Waals surface area contributed by atoms with Crippen molar-refractivity contribution in [1.82, 2.24) is 10.2 Å². The fourth-order valence-corrected chi connectivity index (χ4v) is 1.94. The second kappa shape index (κ2) is 6.86. The van der Waals surface area contributed by atoms with Crippen molar-refractivity contribution in [2.75, 3.05) is 19.8 Å². The summed E-state index contributed by atoms with van der Waals surface area (Å²) in [6.45, 7) is 8.65. The van der Waals surface area contributed by atoms with E-state index in [1.807, 2.05) is 27.7 Å². The Kier molecular flexibility index (Phi) is 5.75. The van der Waals surface area contributed by atoms with E-state index < -0.39 is 12.1 Å². The molecule has 2 atom stereocenters. The van der Waals surface area contributed by atoms with Crippen LogP contribution in [0.25, 0.3) is 0 Å². The van der Waals surface area contributed by atoms with Crippen LogP contribution in [0.1, 0.15) is 27.7 Å². The predicted octanol–water partition coefficient (Wildman–Crippen LogP) is -0.278. The van der Waals surface area contributed by atoms with Gasteiger partial charge in [0.25, 0.3) is 0 Å². The first-order valence-electron chi connectivity index (χ1n) is 6.78. The molecule has 1 aliphatic heterocycles. The Bertz CT molecular complexity index is 331. The van der Waals surface area contributed by atoms with E-state index in [1.54, 1.807) is 4.90 Å². The number of hydrogen-bond acceptors (Lipinski definition) is 4. The number of rotatable bonds is 4. The van der Waals surface area contributed by atoms with Gasteiger partial charge in [-0.3, -0.25) is 9.59 Å². The summed E-state index contributed by atoms with van der Waals surface area (Å²) in [6, 6.07) is -1.12. The van der Waals surface area contributed by atoms with E-state index in [2.05, 4.69) is 5.32 Å². The fraction of sp³-hybridized carbons (Fsp3) is 0.846. The third kappa shape index (κ3) is 4.18. The summed E-state index contributed by atoms with van der Waals surface area (Å²) in [5.41, 5.74) is 5.89. The van der Waals surface area contributed by atoms with E-state index in [1.165, 1.54) is 0 Å². The van der Waals surface area contributed by atoms with Gasteiger partial charge in [-0.05, 0) is 19.8 Å². The minimum Gasteiger partial charge on any atom is -0.377 e. The molecule has 3 N–H and O–H groups in total. The third-order valence-electron chi connectivity index (χ3n) is 3.15. The van der Waals surface area contributed by atoms with Gasteiger partial charge in [-0.1, -0.05) is 13.8 Å². The number of carbonyl (C=O) groups is 2. The Morgan fingerprint density at radius 3 is 2.47 bits per heavy atom. The van der Waals surface area contributed by atoms with Crippen molar-refractivity contribution in [2.24, 2.45) is 11.7 Å². The molecule has 0 aliphatic carbocycles. The van der Waals surface area contributed by atoms with E-state index in [9.17, 15) is 9.59 Å².